The van der Waals surface area contributed by atoms with Gasteiger partial charge in [-0.3, -0.25) is 19.9 Å². The Kier molecular flexibility index (Phi) is 9.05. The topological polar surface area (TPSA) is 115 Å². The number of sulfonamides is 1. The molecule has 2 saturated heterocycles. The number of halogens is 2. The van der Waals surface area contributed by atoms with Crippen LogP contribution in [0.4, 0.5) is 10.1 Å². The maximum atomic E-state index is 15.1. The van der Waals surface area contributed by atoms with Gasteiger partial charge in [-0.25, -0.2) is 27.1 Å². The molecule has 46 heavy (non-hydrogen) atoms. The number of carbonyl (C=O) groups excluding carboxylic acids is 2. The van der Waals surface area contributed by atoms with Gasteiger partial charge in [-0.1, -0.05) is 35.9 Å². The monoisotopic (exact) mass is 670 g/mol. The van der Waals surface area contributed by atoms with E-state index in [0.29, 0.717) is 36.5 Å². The third kappa shape index (κ3) is 5.53. The van der Waals surface area contributed by atoms with Crippen LogP contribution < -0.4 is 14.5 Å². The number of piperazine rings is 1. The zero-order valence-electron chi connectivity index (χ0n) is 25.7. The van der Waals surface area contributed by atoms with Gasteiger partial charge >= 0.3 is 0 Å². The highest BCUT2D eigenvalue weighted by atomic mass is 35.5. The summed E-state index contributed by atoms with van der Waals surface area (Å²) in [6.07, 6.45) is 3.59. The molecule has 1 atom stereocenters. The average Bonchev–Trinajstić information content (AvgIpc) is 3.31. The van der Waals surface area contributed by atoms with Gasteiger partial charge in [0.2, 0.25) is 5.88 Å². The SMILES string of the molecule is CCOc1ncccc1C1(C(=O)NN2CCN(C3CCN(C)CC3)CC2)C(=O)N(S(=O)(=O)c2ccccc2)c2cc(F)c(Cl)cc21. The zero-order valence-corrected chi connectivity index (χ0v) is 27.2. The largest absolute Gasteiger partial charge is 0.478 e. The number of nitrogens with zero attached hydrogens (tertiary/aromatic N) is 5. The molecule has 2 fully saturated rings. The standard InChI is InChI=1S/C32H36ClFN6O5S/c1-3-45-29-24(10-7-13-35-29)32(30(41)36-39-18-16-38(17-19-39)22-11-14-37(2)15-12-22)25-20-26(33)27(34)21-28(25)40(31(32)42)46(43,44)23-8-5-4-6-9-23/h4-10,13,20-22H,3,11-12,14-19H2,1-2H3,(H,36,41). The first-order valence-corrected chi connectivity index (χ1v) is 17.1. The number of hydrogen-bond acceptors (Lipinski definition) is 9. The molecule has 6 rings (SSSR count). The van der Waals surface area contributed by atoms with E-state index >= 15 is 4.39 Å². The first kappa shape index (κ1) is 32.3. The Morgan fingerprint density at radius 1 is 1.04 bits per heavy atom. The lowest BCUT2D eigenvalue weighted by Crippen LogP contribution is -2.61. The Balaban J connectivity index is 1.43. The second kappa shape index (κ2) is 12.9. The number of fused-ring (bicyclic) bond motifs is 1. The minimum absolute atomic E-state index is 0.0130. The summed E-state index contributed by atoms with van der Waals surface area (Å²) in [5.41, 5.74) is 0.179. The van der Waals surface area contributed by atoms with Crippen LogP contribution in [0.3, 0.4) is 0 Å². The molecule has 0 saturated carbocycles. The maximum Gasteiger partial charge on any atom is 0.270 e. The number of piperidine rings is 1. The highest BCUT2D eigenvalue weighted by molar-refractivity contribution is 7.93. The average molecular weight is 671 g/mol. The van der Waals surface area contributed by atoms with Crippen LogP contribution in [0.25, 0.3) is 0 Å². The number of ether oxygens (including phenoxy) is 1. The summed E-state index contributed by atoms with van der Waals surface area (Å²) >= 11 is 6.28. The van der Waals surface area contributed by atoms with Crippen molar-refractivity contribution >= 4 is 39.1 Å². The summed E-state index contributed by atoms with van der Waals surface area (Å²) in [4.78, 5) is 38.4. The van der Waals surface area contributed by atoms with Crippen molar-refractivity contribution in [2.45, 2.75) is 36.1 Å². The molecule has 3 aliphatic rings. The summed E-state index contributed by atoms with van der Waals surface area (Å²) in [5.74, 6) is -2.93. The van der Waals surface area contributed by atoms with Gasteiger partial charge in [-0.05, 0) is 64.2 Å². The lowest BCUT2D eigenvalue weighted by molar-refractivity contribution is -0.137. The minimum atomic E-state index is -4.62. The molecular formula is C32H36ClFN6O5S. The number of likely N-dealkylation sites (tertiary alicyclic amines) is 1. The highest BCUT2D eigenvalue weighted by Crippen LogP contribution is 2.51. The van der Waals surface area contributed by atoms with Crippen molar-refractivity contribution in [1.82, 2.24) is 25.2 Å². The van der Waals surface area contributed by atoms with Crippen LogP contribution in [0.1, 0.15) is 30.9 Å². The molecule has 1 N–H and O–H groups in total. The Labute approximate surface area is 272 Å². The molecule has 0 radical (unpaired) electrons. The number of nitrogens with one attached hydrogen (secondary N) is 1. The predicted molar refractivity (Wildman–Crippen MR) is 171 cm³/mol. The van der Waals surface area contributed by atoms with E-state index in [9.17, 15) is 18.0 Å². The first-order chi connectivity index (χ1) is 22.1. The van der Waals surface area contributed by atoms with Gasteiger partial charge in [0, 0.05) is 55.6 Å². The van der Waals surface area contributed by atoms with Crippen molar-refractivity contribution in [3.63, 3.8) is 0 Å². The fraction of sp³-hybridized carbons (Fsp3) is 0.406. The molecule has 1 unspecified atom stereocenters. The number of benzene rings is 2. The second-order valence-electron chi connectivity index (χ2n) is 11.7. The van der Waals surface area contributed by atoms with Crippen LogP contribution in [-0.4, -0.2) is 99.0 Å². The van der Waals surface area contributed by atoms with Crippen molar-refractivity contribution < 1.29 is 27.1 Å². The van der Waals surface area contributed by atoms with Gasteiger partial charge in [-0.15, -0.1) is 0 Å². The molecule has 244 valence electrons. The van der Waals surface area contributed by atoms with Crippen molar-refractivity contribution in [3.8, 4) is 5.88 Å². The number of hydrogen-bond donors (Lipinski definition) is 1. The van der Waals surface area contributed by atoms with Gasteiger partial charge in [-0.2, -0.15) is 0 Å². The minimum Gasteiger partial charge on any atom is -0.478 e. The fourth-order valence-electron chi connectivity index (χ4n) is 6.63. The highest BCUT2D eigenvalue weighted by Gasteiger charge is 2.62. The first-order valence-electron chi connectivity index (χ1n) is 15.3. The van der Waals surface area contributed by atoms with E-state index in [2.05, 4.69) is 27.3 Å². The van der Waals surface area contributed by atoms with E-state index < -0.39 is 33.1 Å². The smallest absolute Gasteiger partial charge is 0.270 e. The Morgan fingerprint density at radius 3 is 2.41 bits per heavy atom. The molecule has 1 aromatic heterocycles. The number of aromatic nitrogens is 1. The predicted octanol–water partition coefficient (Wildman–Crippen LogP) is 3.04. The number of hydrazine groups is 1. The van der Waals surface area contributed by atoms with E-state index in [1.165, 1.54) is 42.6 Å². The number of anilines is 1. The molecule has 2 aromatic carbocycles. The molecule has 14 heteroatoms. The lowest BCUT2D eigenvalue weighted by atomic mass is 9.74. The summed E-state index contributed by atoms with van der Waals surface area (Å²) in [5, 5.41) is 1.36. The van der Waals surface area contributed by atoms with E-state index in [1.54, 1.807) is 18.0 Å². The molecule has 0 bridgehead atoms. The molecule has 0 spiro atoms. The number of pyridine rings is 1. The second-order valence-corrected chi connectivity index (χ2v) is 13.9. The summed E-state index contributed by atoms with van der Waals surface area (Å²) in [6.45, 7) is 6.31. The van der Waals surface area contributed by atoms with Crippen molar-refractivity contribution in [2.24, 2.45) is 0 Å². The van der Waals surface area contributed by atoms with Crippen molar-refractivity contribution in [2.75, 3.05) is 57.2 Å². The number of carbonyl (C=O) groups is 2. The zero-order chi connectivity index (χ0) is 32.6. The molecule has 3 aromatic rings. The molecule has 11 nitrogen and oxygen atoms in total. The van der Waals surface area contributed by atoms with E-state index in [4.69, 9.17) is 16.3 Å². The third-order valence-corrected chi connectivity index (χ3v) is 11.0. The van der Waals surface area contributed by atoms with Crippen LogP contribution in [0.2, 0.25) is 5.02 Å². The van der Waals surface area contributed by atoms with Gasteiger partial charge < -0.3 is 9.64 Å². The number of amides is 2. The third-order valence-electron chi connectivity index (χ3n) is 9.02. The Hall–Kier alpha value is -3.62. The van der Waals surface area contributed by atoms with Crippen LogP contribution in [0.5, 0.6) is 5.88 Å². The fourth-order valence-corrected chi connectivity index (χ4v) is 8.28. The molecule has 3 aliphatic heterocycles. The molecule has 4 heterocycles. The van der Waals surface area contributed by atoms with Crippen LogP contribution >= 0.6 is 11.6 Å². The van der Waals surface area contributed by atoms with E-state index in [0.717, 1.165) is 38.1 Å². The van der Waals surface area contributed by atoms with E-state index in [1.807, 2.05) is 0 Å². The maximum absolute atomic E-state index is 15.1. The molecule has 0 aliphatic carbocycles. The van der Waals surface area contributed by atoms with Gasteiger partial charge in [0.05, 0.1) is 22.2 Å². The van der Waals surface area contributed by atoms with Gasteiger partial charge in [0.15, 0.2) is 5.41 Å². The summed E-state index contributed by atoms with van der Waals surface area (Å²) in [7, 11) is -2.50. The molecule has 2 amide bonds. The lowest BCUT2D eigenvalue weighted by Gasteiger charge is -2.42. The van der Waals surface area contributed by atoms with Gasteiger partial charge in [0.1, 0.15) is 5.82 Å². The van der Waals surface area contributed by atoms with Gasteiger partial charge in [0.25, 0.3) is 21.8 Å². The summed E-state index contributed by atoms with van der Waals surface area (Å²) < 4.78 is 49.6. The Bertz CT molecular complexity index is 1730. The summed E-state index contributed by atoms with van der Waals surface area (Å²) in [6, 6.07) is 12.8. The quantitative estimate of drug-likeness (QED) is 0.361. The van der Waals surface area contributed by atoms with Crippen LogP contribution in [-0.2, 0) is 25.0 Å². The van der Waals surface area contributed by atoms with Crippen LogP contribution in [0.15, 0.2) is 65.7 Å². The van der Waals surface area contributed by atoms with Crippen molar-refractivity contribution in [3.05, 3.63) is 82.8 Å². The Morgan fingerprint density at radius 2 is 1.74 bits per heavy atom. The van der Waals surface area contributed by atoms with Crippen molar-refractivity contribution in [1.29, 1.82) is 0 Å². The van der Waals surface area contributed by atoms with E-state index in [-0.39, 0.29) is 39.2 Å². The molecular weight excluding hydrogens is 635 g/mol. The normalized spacial score (nSPS) is 21.7. The number of rotatable bonds is 8. The van der Waals surface area contributed by atoms with Crippen LogP contribution in [0, 0.1) is 5.82 Å².